The van der Waals surface area contributed by atoms with Crippen LogP contribution < -0.4 is 0 Å². The fourth-order valence-corrected chi connectivity index (χ4v) is 4.08. The van der Waals surface area contributed by atoms with E-state index in [1.807, 2.05) is 13.0 Å². The quantitative estimate of drug-likeness (QED) is 0.749. The highest BCUT2D eigenvalue weighted by Crippen LogP contribution is 2.50. The van der Waals surface area contributed by atoms with E-state index in [4.69, 9.17) is 9.47 Å². The van der Waals surface area contributed by atoms with Gasteiger partial charge in [0, 0.05) is 13.3 Å². The van der Waals surface area contributed by atoms with E-state index >= 15 is 0 Å². The number of rotatable bonds is 1. The van der Waals surface area contributed by atoms with E-state index in [-0.39, 0.29) is 24.2 Å². The zero-order chi connectivity index (χ0) is 16.2. The van der Waals surface area contributed by atoms with E-state index < -0.39 is 23.8 Å². The van der Waals surface area contributed by atoms with Crippen LogP contribution in [0.4, 0.5) is 0 Å². The third-order valence-electron chi connectivity index (χ3n) is 5.11. The Morgan fingerprint density at radius 3 is 2.82 bits per heavy atom. The second kappa shape index (κ2) is 4.95. The molecule has 1 heterocycles. The molecule has 1 N–H and O–H groups in total. The van der Waals surface area contributed by atoms with Crippen LogP contribution in [0.2, 0.25) is 0 Å². The molecule has 0 aromatic rings. The van der Waals surface area contributed by atoms with E-state index in [9.17, 15) is 14.7 Å². The molecule has 5 nitrogen and oxygen atoms in total. The largest absolute Gasteiger partial charge is 0.462 e. The number of allylic oxidation sites excluding steroid dienone is 2. The Labute approximate surface area is 130 Å². The predicted octanol–water partition coefficient (Wildman–Crippen LogP) is 1.90. The first-order chi connectivity index (χ1) is 10.2. The molecule has 0 aromatic carbocycles. The Hall–Kier alpha value is -1.62. The zero-order valence-corrected chi connectivity index (χ0v) is 13.4. The van der Waals surface area contributed by atoms with Gasteiger partial charge in [0.2, 0.25) is 0 Å². The number of ether oxygens (including phenoxy) is 2. The average molecular weight is 306 g/mol. The van der Waals surface area contributed by atoms with E-state index in [0.717, 1.165) is 23.1 Å². The summed E-state index contributed by atoms with van der Waals surface area (Å²) in [4.78, 5) is 23.5. The summed E-state index contributed by atoms with van der Waals surface area (Å²) in [6.07, 6.45) is 2.06. The SMILES string of the molecule is CC(=O)O[C@H]1C[C@@](C)(O)C2=CCC(C)=C2[C@H]2OC(=O)[C@@H](C)[C@H]12. The Morgan fingerprint density at radius 1 is 1.50 bits per heavy atom. The summed E-state index contributed by atoms with van der Waals surface area (Å²) in [6, 6.07) is 0. The minimum atomic E-state index is -1.09. The highest BCUT2D eigenvalue weighted by Gasteiger charge is 2.55. The summed E-state index contributed by atoms with van der Waals surface area (Å²) in [5.41, 5.74) is 1.75. The highest BCUT2D eigenvalue weighted by atomic mass is 16.6. The van der Waals surface area contributed by atoms with Crippen molar-refractivity contribution in [2.45, 2.75) is 58.3 Å². The van der Waals surface area contributed by atoms with Gasteiger partial charge in [0.1, 0.15) is 12.2 Å². The van der Waals surface area contributed by atoms with Crippen molar-refractivity contribution in [2.24, 2.45) is 11.8 Å². The van der Waals surface area contributed by atoms with Gasteiger partial charge >= 0.3 is 11.9 Å². The monoisotopic (exact) mass is 306 g/mol. The predicted molar refractivity (Wildman–Crippen MR) is 78.7 cm³/mol. The van der Waals surface area contributed by atoms with Crippen LogP contribution in [0.15, 0.2) is 22.8 Å². The van der Waals surface area contributed by atoms with Gasteiger partial charge in [-0.1, -0.05) is 18.6 Å². The second-order valence-corrected chi connectivity index (χ2v) is 6.87. The number of aliphatic hydroxyl groups is 1. The van der Waals surface area contributed by atoms with Crippen LogP contribution in [-0.4, -0.2) is 34.9 Å². The number of hydrogen-bond acceptors (Lipinski definition) is 5. The van der Waals surface area contributed by atoms with Gasteiger partial charge in [-0.05, 0) is 31.4 Å². The van der Waals surface area contributed by atoms with Crippen molar-refractivity contribution in [1.82, 2.24) is 0 Å². The summed E-state index contributed by atoms with van der Waals surface area (Å²) >= 11 is 0. The van der Waals surface area contributed by atoms with Gasteiger partial charge < -0.3 is 14.6 Å². The van der Waals surface area contributed by atoms with Gasteiger partial charge in [-0.15, -0.1) is 0 Å². The van der Waals surface area contributed by atoms with Crippen LogP contribution in [0.25, 0.3) is 0 Å². The van der Waals surface area contributed by atoms with Crippen molar-refractivity contribution in [1.29, 1.82) is 0 Å². The van der Waals surface area contributed by atoms with Gasteiger partial charge in [-0.2, -0.15) is 0 Å². The van der Waals surface area contributed by atoms with Crippen LogP contribution in [0, 0.1) is 11.8 Å². The van der Waals surface area contributed by atoms with E-state index in [1.165, 1.54) is 6.92 Å². The molecule has 5 heteroatoms. The molecule has 3 aliphatic rings. The first-order valence-electron chi connectivity index (χ1n) is 7.73. The van der Waals surface area contributed by atoms with Crippen LogP contribution in [-0.2, 0) is 19.1 Å². The fourth-order valence-electron chi connectivity index (χ4n) is 4.08. The van der Waals surface area contributed by atoms with Crippen LogP contribution >= 0.6 is 0 Å². The normalized spacial score (nSPS) is 40.6. The minimum Gasteiger partial charge on any atom is -0.462 e. The minimum absolute atomic E-state index is 0.253. The van der Waals surface area contributed by atoms with Crippen molar-refractivity contribution < 1.29 is 24.2 Å². The van der Waals surface area contributed by atoms with Crippen molar-refractivity contribution in [2.75, 3.05) is 0 Å². The Bertz CT molecular complexity index is 598. The summed E-state index contributed by atoms with van der Waals surface area (Å²) in [5, 5.41) is 10.9. The third kappa shape index (κ3) is 2.19. The molecular formula is C17H22O5. The highest BCUT2D eigenvalue weighted by molar-refractivity contribution is 5.77. The smallest absolute Gasteiger partial charge is 0.309 e. The summed E-state index contributed by atoms with van der Waals surface area (Å²) < 4.78 is 11.1. The van der Waals surface area contributed by atoms with Crippen LogP contribution in [0.5, 0.6) is 0 Å². The molecule has 0 bridgehead atoms. The molecule has 0 spiro atoms. The van der Waals surface area contributed by atoms with Gasteiger partial charge in [-0.25, -0.2) is 0 Å². The molecule has 5 atom stereocenters. The molecule has 22 heavy (non-hydrogen) atoms. The van der Waals surface area contributed by atoms with Gasteiger partial charge in [0.05, 0.1) is 17.4 Å². The third-order valence-corrected chi connectivity index (χ3v) is 5.11. The van der Waals surface area contributed by atoms with Crippen molar-refractivity contribution in [3.8, 4) is 0 Å². The first-order valence-corrected chi connectivity index (χ1v) is 7.73. The molecule has 1 saturated heterocycles. The maximum atomic E-state index is 12.1. The summed E-state index contributed by atoms with van der Waals surface area (Å²) in [5.74, 6) is -1.28. The van der Waals surface area contributed by atoms with E-state index in [1.54, 1.807) is 13.8 Å². The Balaban J connectivity index is 2.10. The number of carbonyl (C=O) groups is 2. The van der Waals surface area contributed by atoms with Crippen LogP contribution in [0.3, 0.4) is 0 Å². The molecule has 2 aliphatic carbocycles. The number of carbonyl (C=O) groups excluding carboxylic acids is 2. The number of hydrogen-bond donors (Lipinski definition) is 1. The van der Waals surface area contributed by atoms with Crippen molar-refractivity contribution >= 4 is 11.9 Å². The lowest BCUT2D eigenvalue weighted by molar-refractivity contribution is -0.153. The maximum Gasteiger partial charge on any atom is 0.309 e. The molecule has 0 aromatic heterocycles. The first kappa shape index (κ1) is 15.3. The summed E-state index contributed by atoms with van der Waals surface area (Å²) in [6.45, 7) is 6.88. The van der Waals surface area contributed by atoms with Crippen molar-refractivity contribution in [3.63, 3.8) is 0 Å². The van der Waals surface area contributed by atoms with Gasteiger partial charge in [0.15, 0.2) is 0 Å². The van der Waals surface area contributed by atoms with E-state index in [0.29, 0.717) is 0 Å². The molecule has 1 saturated carbocycles. The average Bonchev–Trinajstić information content (AvgIpc) is 2.87. The molecule has 0 unspecified atom stereocenters. The topological polar surface area (TPSA) is 72.8 Å². The Morgan fingerprint density at radius 2 is 2.18 bits per heavy atom. The lowest BCUT2D eigenvalue weighted by atomic mass is 9.83. The standard InChI is InChI=1S/C17H22O5/c1-8-5-6-11-13(8)15-14(9(2)16(19)22-15)12(21-10(3)18)7-17(11,4)20/h6,9,12,14-15,20H,5,7H2,1-4H3/t9-,12-,14+,15+,17+/m0/s1. The molecular weight excluding hydrogens is 284 g/mol. The van der Waals surface area contributed by atoms with Crippen molar-refractivity contribution in [3.05, 3.63) is 22.8 Å². The van der Waals surface area contributed by atoms with Gasteiger partial charge in [0.25, 0.3) is 0 Å². The number of esters is 2. The lowest BCUT2D eigenvalue weighted by Gasteiger charge is -2.29. The zero-order valence-electron chi connectivity index (χ0n) is 13.4. The Kier molecular flexibility index (Phi) is 3.44. The molecule has 2 fully saturated rings. The number of fused-ring (bicyclic) bond motifs is 3. The van der Waals surface area contributed by atoms with E-state index in [2.05, 4.69) is 0 Å². The molecule has 3 rings (SSSR count). The maximum absolute atomic E-state index is 12.1. The van der Waals surface area contributed by atoms with Gasteiger partial charge in [-0.3, -0.25) is 9.59 Å². The van der Waals surface area contributed by atoms with Crippen LogP contribution in [0.1, 0.15) is 40.5 Å². The second-order valence-electron chi connectivity index (χ2n) is 6.87. The fraction of sp³-hybridized carbons (Fsp3) is 0.647. The molecule has 0 radical (unpaired) electrons. The molecule has 120 valence electrons. The molecule has 0 amide bonds. The summed E-state index contributed by atoms with van der Waals surface area (Å²) in [7, 11) is 0. The lowest BCUT2D eigenvalue weighted by Crippen LogP contribution is -2.38. The molecule has 1 aliphatic heterocycles.